The molecular formula is C9H9BrNO2+. The lowest BCUT2D eigenvalue weighted by Gasteiger charge is -2.01. The first kappa shape index (κ1) is 8.84. The summed E-state index contributed by atoms with van der Waals surface area (Å²) in [5.41, 5.74) is 0.913. The summed E-state index contributed by atoms with van der Waals surface area (Å²) in [4.78, 5) is 11.2. The minimum Gasteiger partial charge on any atom is -0.307 e. The zero-order valence-corrected chi connectivity index (χ0v) is 8.53. The molecule has 4 heteroatoms. The number of nitroso groups, excluding NO2 is 1. The molecule has 0 aromatic heterocycles. The Kier molecular flexibility index (Phi) is 2.42. The molecule has 2 rings (SSSR count). The van der Waals surface area contributed by atoms with Crippen LogP contribution in [0.1, 0.15) is 11.8 Å². The Morgan fingerprint density at radius 1 is 1.38 bits per heavy atom. The smallest absolute Gasteiger partial charge is 0.307 e. The van der Waals surface area contributed by atoms with Crippen molar-refractivity contribution in [2.24, 2.45) is 0 Å². The molecule has 0 amide bonds. The van der Waals surface area contributed by atoms with Crippen LogP contribution >= 0.6 is 15.9 Å². The predicted octanol–water partition coefficient (Wildman–Crippen LogP) is 2.26. The second kappa shape index (κ2) is 3.55. The molecule has 0 N–H and O–H groups in total. The van der Waals surface area contributed by atoms with Crippen LogP contribution in [-0.4, -0.2) is 17.9 Å². The molecule has 0 aliphatic carbocycles. The van der Waals surface area contributed by atoms with Gasteiger partial charge in [-0.2, -0.15) is 0 Å². The molecule has 1 aromatic rings. The lowest BCUT2D eigenvalue weighted by molar-refractivity contribution is -0.596. The fraction of sp³-hybridized carbons (Fsp3) is 0.333. The Labute approximate surface area is 84.4 Å². The van der Waals surface area contributed by atoms with E-state index in [1.54, 1.807) is 0 Å². The topological polar surface area (TPSA) is 29.3 Å². The van der Waals surface area contributed by atoms with Crippen LogP contribution in [0.5, 0.6) is 0 Å². The molecule has 0 spiro atoms. The van der Waals surface area contributed by atoms with Crippen LogP contribution in [0.15, 0.2) is 28.7 Å². The van der Waals surface area contributed by atoms with E-state index < -0.39 is 6.23 Å². The van der Waals surface area contributed by atoms with Crippen molar-refractivity contribution in [2.45, 2.75) is 6.23 Å². The normalized spacial score (nSPS) is 22.2. The molecule has 1 fully saturated rings. The Bertz CT molecular complexity index is 323. The number of nitrogens with zero attached hydrogens (tertiary/aromatic N) is 1. The number of benzene rings is 1. The van der Waals surface area contributed by atoms with Gasteiger partial charge in [-0.25, -0.2) is 0 Å². The minimum absolute atomic E-state index is 0.409. The quantitative estimate of drug-likeness (QED) is 0.708. The summed E-state index contributed by atoms with van der Waals surface area (Å²) in [6.45, 7) is 0.977. The summed E-state index contributed by atoms with van der Waals surface area (Å²) in [6, 6.07) is 7.60. The molecule has 0 radical (unpaired) electrons. The first-order valence-electron chi connectivity index (χ1n) is 4.08. The van der Waals surface area contributed by atoms with Crippen molar-refractivity contribution in [2.75, 3.05) is 13.2 Å². The molecule has 1 aliphatic heterocycles. The third-order valence-corrected chi connectivity index (χ3v) is 2.53. The summed E-state index contributed by atoms with van der Waals surface area (Å²) in [5, 5.41) is 0. The van der Waals surface area contributed by atoms with E-state index in [4.69, 9.17) is 4.74 Å². The van der Waals surface area contributed by atoms with Gasteiger partial charge in [0.05, 0.1) is 5.56 Å². The molecule has 13 heavy (non-hydrogen) atoms. The zero-order chi connectivity index (χ0) is 9.26. The van der Waals surface area contributed by atoms with Crippen molar-refractivity contribution in [1.29, 1.82) is 0 Å². The molecule has 1 aliphatic rings. The highest BCUT2D eigenvalue weighted by Gasteiger charge is 2.34. The average molecular weight is 243 g/mol. The maximum atomic E-state index is 11.2. The van der Waals surface area contributed by atoms with Crippen molar-refractivity contribution in [3.05, 3.63) is 39.2 Å². The molecule has 1 heterocycles. The maximum absolute atomic E-state index is 11.2. The molecular weight excluding hydrogens is 234 g/mol. The molecule has 1 saturated heterocycles. The second-order valence-electron chi connectivity index (χ2n) is 2.92. The van der Waals surface area contributed by atoms with Crippen molar-refractivity contribution >= 4 is 15.9 Å². The number of ether oxygens (including phenoxy) is 1. The third kappa shape index (κ3) is 1.78. The van der Waals surface area contributed by atoms with Crippen LogP contribution in [0.4, 0.5) is 0 Å². The van der Waals surface area contributed by atoms with E-state index >= 15 is 0 Å². The van der Waals surface area contributed by atoms with Gasteiger partial charge in [0.15, 0.2) is 0 Å². The largest absolute Gasteiger partial charge is 0.332 e. The van der Waals surface area contributed by atoms with Crippen molar-refractivity contribution in [3.8, 4) is 0 Å². The number of hydrogen-bond donors (Lipinski definition) is 0. The van der Waals surface area contributed by atoms with Gasteiger partial charge >= 0.3 is 6.23 Å². The molecule has 1 unspecified atom stereocenters. The Morgan fingerprint density at radius 3 is 2.62 bits per heavy atom. The number of rotatable bonds is 1. The zero-order valence-electron chi connectivity index (χ0n) is 6.94. The van der Waals surface area contributed by atoms with E-state index in [-0.39, 0.29) is 0 Å². The Morgan fingerprint density at radius 2 is 2.08 bits per heavy atom. The van der Waals surface area contributed by atoms with E-state index in [9.17, 15) is 4.91 Å². The van der Waals surface area contributed by atoms with Gasteiger partial charge in [0.1, 0.15) is 6.61 Å². The number of halogens is 1. The average Bonchev–Trinajstić information content (AvgIpc) is 2.53. The highest BCUT2D eigenvalue weighted by Crippen LogP contribution is 2.23. The monoisotopic (exact) mass is 242 g/mol. The van der Waals surface area contributed by atoms with Gasteiger partial charge in [0, 0.05) is 14.1 Å². The van der Waals surface area contributed by atoms with Crippen molar-refractivity contribution < 1.29 is 9.50 Å². The third-order valence-electron chi connectivity index (χ3n) is 2.00. The van der Waals surface area contributed by atoms with Gasteiger partial charge in [-0.1, -0.05) is 15.9 Å². The Balaban J connectivity index is 2.25. The lowest BCUT2D eigenvalue weighted by Crippen LogP contribution is -2.08. The van der Waals surface area contributed by atoms with Crippen molar-refractivity contribution in [3.63, 3.8) is 0 Å². The molecule has 68 valence electrons. The van der Waals surface area contributed by atoms with Crippen LogP contribution in [0.3, 0.4) is 0 Å². The minimum atomic E-state index is -0.409. The summed E-state index contributed by atoms with van der Waals surface area (Å²) in [5.74, 6) is 0. The highest BCUT2D eigenvalue weighted by molar-refractivity contribution is 9.10. The SMILES string of the molecule is O=[N+]1CCOC1c1ccc(Br)cc1. The van der Waals surface area contributed by atoms with E-state index in [1.807, 2.05) is 24.3 Å². The van der Waals surface area contributed by atoms with Gasteiger partial charge in [0.25, 0.3) is 0 Å². The van der Waals surface area contributed by atoms with E-state index in [0.717, 1.165) is 14.8 Å². The molecule has 0 saturated carbocycles. The van der Waals surface area contributed by atoms with Crippen LogP contribution < -0.4 is 0 Å². The molecule has 1 aromatic carbocycles. The lowest BCUT2D eigenvalue weighted by atomic mass is 10.2. The van der Waals surface area contributed by atoms with Gasteiger partial charge in [-0.15, -0.1) is 0 Å². The van der Waals surface area contributed by atoms with Crippen LogP contribution in [-0.2, 0) is 4.74 Å². The molecule has 1 atom stereocenters. The molecule has 3 nitrogen and oxygen atoms in total. The van der Waals surface area contributed by atoms with E-state index in [1.165, 1.54) is 0 Å². The highest BCUT2D eigenvalue weighted by atomic mass is 79.9. The first-order valence-corrected chi connectivity index (χ1v) is 4.87. The Hall–Kier alpha value is -0.740. The van der Waals surface area contributed by atoms with Gasteiger partial charge < -0.3 is 4.74 Å². The van der Waals surface area contributed by atoms with Crippen molar-refractivity contribution in [1.82, 2.24) is 0 Å². The van der Waals surface area contributed by atoms with Gasteiger partial charge in [0.2, 0.25) is 6.54 Å². The standard InChI is InChI=1S/C9H9BrNO2/c10-8-3-1-7(2-4-8)9-11(12)5-6-13-9/h1-4,9H,5-6H2/q+1. The summed E-state index contributed by atoms with van der Waals surface area (Å²) >= 11 is 3.34. The van der Waals surface area contributed by atoms with Crippen LogP contribution in [0.2, 0.25) is 0 Å². The second-order valence-corrected chi connectivity index (χ2v) is 3.83. The first-order chi connectivity index (χ1) is 6.27. The summed E-state index contributed by atoms with van der Waals surface area (Å²) < 4.78 is 7.26. The van der Waals surface area contributed by atoms with Gasteiger partial charge in [-0.3, -0.25) is 0 Å². The van der Waals surface area contributed by atoms with Crippen LogP contribution in [0.25, 0.3) is 0 Å². The van der Waals surface area contributed by atoms with E-state index in [2.05, 4.69) is 15.9 Å². The van der Waals surface area contributed by atoms with E-state index in [0.29, 0.717) is 13.2 Å². The fourth-order valence-corrected chi connectivity index (χ4v) is 1.61. The molecule has 0 bridgehead atoms. The fourth-order valence-electron chi connectivity index (χ4n) is 1.34. The number of hydrogen-bond acceptors (Lipinski definition) is 2. The predicted molar refractivity (Wildman–Crippen MR) is 51.3 cm³/mol. The maximum Gasteiger partial charge on any atom is 0.332 e. The summed E-state index contributed by atoms with van der Waals surface area (Å²) in [6.07, 6.45) is -0.409. The van der Waals surface area contributed by atoms with Crippen LogP contribution in [0, 0.1) is 4.91 Å². The summed E-state index contributed by atoms with van der Waals surface area (Å²) in [7, 11) is 0. The van der Waals surface area contributed by atoms with Gasteiger partial charge in [-0.05, 0) is 24.3 Å².